The van der Waals surface area contributed by atoms with Crippen LogP contribution in [-0.2, 0) is 0 Å². The molecule has 2 heteroatoms. The summed E-state index contributed by atoms with van der Waals surface area (Å²) in [6.07, 6.45) is 3.80. The van der Waals surface area contributed by atoms with Crippen molar-refractivity contribution in [3.8, 4) is 0 Å². The lowest BCUT2D eigenvalue weighted by Crippen LogP contribution is -2.55. The number of fused-ring (bicyclic) bond motifs is 2. The second kappa shape index (κ2) is 2.96. The van der Waals surface area contributed by atoms with Gasteiger partial charge in [0.2, 0.25) is 0 Å². The molecular formula is C12H22O2. The molecule has 0 aromatic heterocycles. The fourth-order valence-corrected chi connectivity index (χ4v) is 3.33. The second-order valence-electron chi connectivity index (χ2n) is 5.89. The molecule has 82 valence electrons. The van der Waals surface area contributed by atoms with Crippen molar-refractivity contribution in [2.24, 2.45) is 17.8 Å². The van der Waals surface area contributed by atoms with Crippen molar-refractivity contribution in [3.63, 3.8) is 0 Å². The van der Waals surface area contributed by atoms with Crippen molar-refractivity contribution in [2.75, 3.05) is 0 Å². The van der Waals surface area contributed by atoms with E-state index in [1.807, 2.05) is 13.8 Å². The molecule has 14 heavy (non-hydrogen) atoms. The first kappa shape index (κ1) is 10.4. The molecule has 2 fully saturated rings. The Hall–Kier alpha value is -0.0800. The summed E-state index contributed by atoms with van der Waals surface area (Å²) in [6, 6.07) is 0. The molecule has 0 aromatic rings. The third-order valence-corrected chi connectivity index (χ3v) is 4.91. The molecule has 2 bridgehead atoms. The number of aliphatic hydroxyl groups is 2. The summed E-state index contributed by atoms with van der Waals surface area (Å²) in [5.41, 5.74) is -0.992. The van der Waals surface area contributed by atoms with Gasteiger partial charge < -0.3 is 10.2 Å². The lowest BCUT2D eigenvalue weighted by molar-refractivity contribution is -0.158. The predicted molar refractivity (Wildman–Crippen MR) is 55.9 cm³/mol. The van der Waals surface area contributed by atoms with E-state index in [-0.39, 0.29) is 0 Å². The highest BCUT2D eigenvalue weighted by Gasteiger charge is 2.51. The molecule has 2 nitrogen and oxygen atoms in total. The highest BCUT2D eigenvalue weighted by Crippen LogP contribution is 2.51. The van der Waals surface area contributed by atoms with E-state index in [9.17, 15) is 10.2 Å². The first-order valence-electron chi connectivity index (χ1n) is 5.79. The summed E-state index contributed by atoms with van der Waals surface area (Å²) < 4.78 is 0. The van der Waals surface area contributed by atoms with Crippen LogP contribution >= 0.6 is 0 Å². The van der Waals surface area contributed by atoms with Crippen LogP contribution < -0.4 is 0 Å². The molecule has 0 amide bonds. The molecular weight excluding hydrogens is 176 g/mol. The predicted octanol–water partition coefficient (Wildman–Crippen LogP) is 1.94. The third-order valence-electron chi connectivity index (χ3n) is 4.91. The molecule has 2 rings (SSSR count). The Morgan fingerprint density at radius 3 is 2.36 bits per heavy atom. The van der Waals surface area contributed by atoms with Crippen LogP contribution in [0.3, 0.4) is 0 Å². The van der Waals surface area contributed by atoms with Crippen LogP contribution in [0.25, 0.3) is 0 Å². The average Bonchev–Trinajstić information content (AvgIpc) is 2.06. The maximum Gasteiger partial charge on any atom is 0.0673 e. The van der Waals surface area contributed by atoms with Gasteiger partial charge in [-0.3, -0.25) is 0 Å². The largest absolute Gasteiger partial charge is 0.390 e. The highest BCUT2D eigenvalue weighted by molar-refractivity contribution is 5.02. The smallest absolute Gasteiger partial charge is 0.0673 e. The van der Waals surface area contributed by atoms with Gasteiger partial charge in [0.25, 0.3) is 0 Å². The van der Waals surface area contributed by atoms with E-state index in [4.69, 9.17) is 0 Å². The molecule has 2 N–H and O–H groups in total. The van der Waals surface area contributed by atoms with Gasteiger partial charge in [-0.05, 0) is 57.3 Å². The quantitative estimate of drug-likeness (QED) is 0.624. The van der Waals surface area contributed by atoms with Crippen LogP contribution in [0.2, 0.25) is 0 Å². The van der Waals surface area contributed by atoms with Crippen molar-refractivity contribution >= 4 is 0 Å². The van der Waals surface area contributed by atoms with Crippen LogP contribution in [0, 0.1) is 17.8 Å². The first-order valence-corrected chi connectivity index (χ1v) is 5.79. The zero-order valence-corrected chi connectivity index (χ0v) is 9.45. The molecule has 2 saturated carbocycles. The van der Waals surface area contributed by atoms with Crippen molar-refractivity contribution in [1.29, 1.82) is 0 Å². The SMILES string of the molecule is C[C@H]1C[C@@H]2C[C@@H](CC[C@@]2(C)O)[C@]1(C)O. The molecule has 0 aromatic carbocycles. The molecule has 0 spiro atoms. The zero-order chi connectivity index (χ0) is 10.6. The molecule has 0 heterocycles. The van der Waals surface area contributed by atoms with Gasteiger partial charge in [-0.15, -0.1) is 0 Å². The van der Waals surface area contributed by atoms with Gasteiger partial charge in [0, 0.05) is 0 Å². The maximum absolute atomic E-state index is 10.3. The van der Waals surface area contributed by atoms with E-state index in [2.05, 4.69) is 6.92 Å². The minimum atomic E-state index is -0.507. The summed E-state index contributed by atoms with van der Waals surface area (Å²) in [4.78, 5) is 0. The van der Waals surface area contributed by atoms with Gasteiger partial charge in [-0.25, -0.2) is 0 Å². The summed E-state index contributed by atoms with van der Waals surface area (Å²) in [5.74, 6) is 1.12. The van der Waals surface area contributed by atoms with E-state index in [1.165, 1.54) is 0 Å². The van der Waals surface area contributed by atoms with Crippen LogP contribution in [0.5, 0.6) is 0 Å². The lowest BCUT2D eigenvalue weighted by Gasteiger charge is -2.53. The Kier molecular flexibility index (Phi) is 2.20. The van der Waals surface area contributed by atoms with Crippen LogP contribution in [0.1, 0.15) is 46.5 Å². The summed E-state index contributed by atoms with van der Waals surface area (Å²) in [5, 5.41) is 20.5. The molecule has 0 unspecified atom stereocenters. The fraction of sp³-hybridized carbons (Fsp3) is 1.00. The number of hydrogen-bond acceptors (Lipinski definition) is 2. The van der Waals surface area contributed by atoms with E-state index in [0.717, 1.165) is 25.7 Å². The second-order valence-corrected chi connectivity index (χ2v) is 5.89. The Bertz CT molecular complexity index is 230. The monoisotopic (exact) mass is 198 g/mol. The molecule has 5 atom stereocenters. The summed E-state index contributed by atoms with van der Waals surface area (Å²) >= 11 is 0. The Morgan fingerprint density at radius 1 is 1.07 bits per heavy atom. The van der Waals surface area contributed by atoms with Crippen molar-refractivity contribution < 1.29 is 10.2 Å². The molecule has 0 saturated heterocycles. The number of hydrogen-bond donors (Lipinski definition) is 2. The van der Waals surface area contributed by atoms with Gasteiger partial charge >= 0.3 is 0 Å². The van der Waals surface area contributed by atoms with Gasteiger partial charge in [0.1, 0.15) is 0 Å². The molecule has 0 aliphatic heterocycles. The van der Waals surface area contributed by atoms with E-state index in [0.29, 0.717) is 17.8 Å². The zero-order valence-electron chi connectivity index (χ0n) is 9.45. The van der Waals surface area contributed by atoms with Crippen LogP contribution in [0.15, 0.2) is 0 Å². The van der Waals surface area contributed by atoms with Gasteiger partial charge in [-0.2, -0.15) is 0 Å². The lowest BCUT2D eigenvalue weighted by atomic mass is 9.56. The fourth-order valence-electron chi connectivity index (χ4n) is 3.33. The van der Waals surface area contributed by atoms with Gasteiger partial charge in [-0.1, -0.05) is 6.92 Å². The number of rotatable bonds is 0. The normalized spacial score (nSPS) is 58.5. The Labute approximate surface area is 86.3 Å². The Balaban J connectivity index is 2.21. The minimum absolute atomic E-state index is 0.318. The Morgan fingerprint density at radius 2 is 1.71 bits per heavy atom. The average molecular weight is 198 g/mol. The van der Waals surface area contributed by atoms with Crippen LogP contribution in [-0.4, -0.2) is 21.4 Å². The summed E-state index contributed by atoms with van der Waals surface area (Å²) in [6.45, 7) is 6.04. The van der Waals surface area contributed by atoms with E-state index < -0.39 is 11.2 Å². The van der Waals surface area contributed by atoms with E-state index in [1.54, 1.807) is 0 Å². The first-order chi connectivity index (χ1) is 6.34. The maximum atomic E-state index is 10.3. The molecule has 2 aliphatic rings. The minimum Gasteiger partial charge on any atom is -0.390 e. The van der Waals surface area contributed by atoms with E-state index >= 15 is 0 Å². The molecule has 0 radical (unpaired) electrons. The van der Waals surface area contributed by atoms with Crippen molar-refractivity contribution in [1.82, 2.24) is 0 Å². The standard InChI is InChI=1S/C12H22O2/c1-8-6-10-7-9(12(8,3)14)4-5-11(10,2)13/h8-10,13-14H,4-7H2,1-3H3/t8-,9+,10+,11+,12+/m0/s1. The molecule has 2 aliphatic carbocycles. The van der Waals surface area contributed by atoms with Crippen molar-refractivity contribution in [2.45, 2.75) is 57.7 Å². The van der Waals surface area contributed by atoms with Gasteiger partial charge in [0.15, 0.2) is 0 Å². The highest BCUT2D eigenvalue weighted by atomic mass is 16.3. The van der Waals surface area contributed by atoms with Crippen molar-refractivity contribution in [3.05, 3.63) is 0 Å². The third kappa shape index (κ3) is 1.40. The topological polar surface area (TPSA) is 40.5 Å². The van der Waals surface area contributed by atoms with Crippen LogP contribution in [0.4, 0.5) is 0 Å². The van der Waals surface area contributed by atoms with Gasteiger partial charge in [0.05, 0.1) is 11.2 Å². The summed E-state index contributed by atoms with van der Waals surface area (Å²) in [7, 11) is 0.